The lowest BCUT2D eigenvalue weighted by Gasteiger charge is -2.33. The fraction of sp³-hybridized carbons (Fsp3) is 0.647. The van der Waals surface area contributed by atoms with Gasteiger partial charge in [0.15, 0.2) is 11.6 Å². The van der Waals surface area contributed by atoms with E-state index in [0.29, 0.717) is 18.5 Å². The van der Waals surface area contributed by atoms with E-state index in [-0.39, 0.29) is 23.6 Å². The molecule has 1 aliphatic heterocycles. The quantitative estimate of drug-likeness (QED) is 0.850. The largest absolute Gasteiger partial charge is 0.315 e. The SMILES string of the molecule is O=S(=O)(CC1CCCC1)NC1CNCCC1c1ccc(F)c(F)c1. The van der Waals surface area contributed by atoms with Crippen LogP contribution in [0.1, 0.15) is 43.6 Å². The fourth-order valence-electron chi connectivity index (χ4n) is 3.89. The predicted molar refractivity (Wildman–Crippen MR) is 89.3 cm³/mol. The number of nitrogens with one attached hydrogen (secondary N) is 2. The van der Waals surface area contributed by atoms with Crippen molar-refractivity contribution in [2.24, 2.45) is 5.92 Å². The smallest absolute Gasteiger partial charge is 0.212 e. The molecule has 0 amide bonds. The number of halogens is 2. The van der Waals surface area contributed by atoms with Crippen LogP contribution >= 0.6 is 0 Å². The fourth-order valence-corrected chi connectivity index (χ4v) is 5.65. The highest BCUT2D eigenvalue weighted by Gasteiger charge is 2.32. The zero-order chi connectivity index (χ0) is 17.2. The van der Waals surface area contributed by atoms with E-state index in [4.69, 9.17) is 0 Å². The predicted octanol–water partition coefficient (Wildman–Crippen LogP) is 2.52. The summed E-state index contributed by atoms with van der Waals surface area (Å²) in [6.45, 7) is 1.22. The van der Waals surface area contributed by atoms with Gasteiger partial charge in [-0.3, -0.25) is 0 Å². The lowest BCUT2D eigenvalue weighted by Crippen LogP contribution is -2.50. The molecule has 2 aliphatic rings. The van der Waals surface area contributed by atoms with Crippen molar-refractivity contribution in [2.75, 3.05) is 18.8 Å². The Balaban J connectivity index is 1.72. The normalized spacial score (nSPS) is 25.9. The first kappa shape index (κ1) is 17.8. The first-order chi connectivity index (χ1) is 11.4. The van der Waals surface area contributed by atoms with Crippen LogP contribution in [0.15, 0.2) is 18.2 Å². The number of rotatable bonds is 5. The molecule has 1 saturated heterocycles. The monoisotopic (exact) mass is 358 g/mol. The highest BCUT2D eigenvalue weighted by atomic mass is 32.2. The van der Waals surface area contributed by atoms with Crippen molar-refractivity contribution in [3.05, 3.63) is 35.4 Å². The van der Waals surface area contributed by atoms with Gasteiger partial charge in [0, 0.05) is 18.5 Å². The number of sulfonamides is 1. The Kier molecular flexibility index (Phi) is 5.52. The van der Waals surface area contributed by atoms with E-state index in [1.807, 2.05) is 0 Å². The Morgan fingerprint density at radius 2 is 1.88 bits per heavy atom. The summed E-state index contributed by atoms with van der Waals surface area (Å²) >= 11 is 0. The molecule has 0 spiro atoms. The van der Waals surface area contributed by atoms with Crippen LogP contribution in [0.3, 0.4) is 0 Å². The summed E-state index contributed by atoms with van der Waals surface area (Å²) in [5.41, 5.74) is 0.643. The molecule has 1 aliphatic carbocycles. The molecule has 0 bridgehead atoms. The lowest BCUT2D eigenvalue weighted by molar-refractivity contribution is 0.375. The van der Waals surface area contributed by atoms with Gasteiger partial charge in [-0.25, -0.2) is 21.9 Å². The van der Waals surface area contributed by atoms with Gasteiger partial charge >= 0.3 is 0 Å². The van der Waals surface area contributed by atoms with Gasteiger partial charge in [0.2, 0.25) is 10.0 Å². The van der Waals surface area contributed by atoms with Gasteiger partial charge in [0.25, 0.3) is 0 Å². The topological polar surface area (TPSA) is 58.2 Å². The summed E-state index contributed by atoms with van der Waals surface area (Å²) in [5.74, 6) is -1.53. The maximum Gasteiger partial charge on any atom is 0.212 e. The van der Waals surface area contributed by atoms with Crippen LogP contribution in [0.2, 0.25) is 0 Å². The summed E-state index contributed by atoms with van der Waals surface area (Å²) in [4.78, 5) is 0. The average Bonchev–Trinajstić information content (AvgIpc) is 3.02. The van der Waals surface area contributed by atoms with E-state index in [1.165, 1.54) is 6.07 Å². The molecule has 1 aromatic carbocycles. The second-order valence-corrected chi connectivity index (χ2v) is 8.73. The Bertz CT molecular complexity index is 675. The van der Waals surface area contributed by atoms with Gasteiger partial charge in [0.1, 0.15) is 0 Å². The van der Waals surface area contributed by atoms with Crippen molar-refractivity contribution >= 4 is 10.0 Å². The van der Waals surface area contributed by atoms with E-state index >= 15 is 0 Å². The molecular formula is C17H24F2N2O2S. The summed E-state index contributed by atoms with van der Waals surface area (Å²) in [6.07, 6.45) is 4.82. The van der Waals surface area contributed by atoms with Gasteiger partial charge in [-0.15, -0.1) is 0 Å². The summed E-state index contributed by atoms with van der Waals surface area (Å²) < 4.78 is 54.5. The maximum atomic E-state index is 13.5. The highest BCUT2D eigenvalue weighted by Crippen LogP contribution is 2.29. The van der Waals surface area contributed by atoms with Crippen molar-refractivity contribution in [1.82, 2.24) is 10.0 Å². The van der Waals surface area contributed by atoms with E-state index in [0.717, 1.165) is 38.3 Å². The number of piperidine rings is 1. The lowest BCUT2D eigenvalue weighted by atomic mass is 9.86. The van der Waals surface area contributed by atoms with Gasteiger partial charge in [0.05, 0.1) is 5.75 Å². The van der Waals surface area contributed by atoms with Crippen molar-refractivity contribution in [3.63, 3.8) is 0 Å². The van der Waals surface area contributed by atoms with Crippen LogP contribution in [0.5, 0.6) is 0 Å². The molecule has 2 fully saturated rings. The zero-order valence-corrected chi connectivity index (χ0v) is 14.4. The molecule has 7 heteroatoms. The van der Waals surface area contributed by atoms with Crippen LogP contribution in [0.25, 0.3) is 0 Å². The molecule has 1 heterocycles. The minimum absolute atomic E-state index is 0.153. The maximum absolute atomic E-state index is 13.5. The Hall–Kier alpha value is -1.05. The van der Waals surface area contributed by atoms with Crippen molar-refractivity contribution in [1.29, 1.82) is 0 Å². The molecule has 24 heavy (non-hydrogen) atoms. The van der Waals surface area contributed by atoms with Crippen LogP contribution in [-0.2, 0) is 10.0 Å². The minimum Gasteiger partial charge on any atom is -0.315 e. The molecule has 2 atom stereocenters. The second-order valence-electron chi connectivity index (χ2n) is 6.93. The molecule has 2 unspecified atom stereocenters. The molecule has 134 valence electrons. The Labute approximate surface area is 142 Å². The number of hydrogen-bond donors (Lipinski definition) is 2. The molecule has 4 nitrogen and oxygen atoms in total. The van der Waals surface area contributed by atoms with E-state index in [2.05, 4.69) is 10.0 Å². The van der Waals surface area contributed by atoms with Gasteiger partial charge in [-0.05, 0) is 49.4 Å². The molecular weight excluding hydrogens is 334 g/mol. The molecule has 1 aromatic rings. The van der Waals surface area contributed by atoms with E-state index in [1.54, 1.807) is 6.07 Å². The van der Waals surface area contributed by atoms with Gasteiger partial charge in [-0.2, -0.15) is 0 Å². The third-order valence-corrected chi connectivity index (χ3v) is 6.69. The molecule has 3 rings (SSSR count). The second kappa shape index (κ2) is 7.45. The summed E-state index contributed by atoms with van der Waals surface area (Å²) in [5, 5.41) is 3.18. The first-order valence-corrected chi connectivity index (χ1v) is 10.3. The molecule has 0 radical (unpaired) electrons. The van der Waals surface area contributed by atoms with Crippen LogP contribution in [-0.4, -0.2) is 33.3 Å². The van der Waals surface area contributed by atoms with E-state index < -0.39 is 21.7 Å². The zero-order valence-electron chi connectivity index (χ0n) is 13.6. The van der Waals surface area contributed by atoms with E-state index in [9.17, 15) is 17.2 Å². The third kappa shape index (κ3) is 4.32. The van der Waals surface area contributed by atoms with Crippen molar-refractivity contribution in [2.45, 2.75) is 44.1 Å². The van der Waals surface area contributed by atoms with Gasteiger partial charge < -0.3 is 5.32 Å². The summed E-state index contributed by atoms with van der Waals surface area (Å²) in [6, 6.07) is 3.50. The number of hydrogen-bond acceptors (Lipinski definition) is 3. The van der Waals surface area contributed by atoms with Crippen molar-refractivity contribution < 1.29 is 17.2 Å². The molecule has 1 saturated carbocycles. The Morgan fingerprint density at radius 3 is 2.58 bits per heavy atom. The standard InChI is InChI=1S/C17H24F2N2O2S/c18-15-6-5-13(9-16(15)19)14-7-8-20-10-17(14)21-24(22,23)11-12-3-1-2-4-12/h5-6,9,12,14,17,20-21H,1-4,7-8,10-11H2. The van der Waals surface area contributed by atoms with Crippen molar-refractivity contribution in [3.8, 4) is 0 Å². The molecule has 2 N–H and O–H groups in total. The Morgan fingerprint density at radius 1 is 1.12 bits per heavy atom. The third-order valence-electron chi connectivity index (χ3n) is 5.11. The molecule has 0 aromatic heterocycles. The van der Waals surface area contributed by atoms with Crippen LogP contribution < -0.4 is 10.0 Å². The van der Waals surface area contributed by atoms with Crippen LogP contribution in [0, 0.1) is 17.6 Å². The number of benzene rings is 1. The first-order valence-electron chi connectivity index (χ1n) is 8.60. The average molecular weight is 358 g/mol. The minimum atomic E-state index is -3.38. The summed E-state index contributed by atoms with van der Waals surface area (Å²) in [7, 11) is -3.38. The highest BCUT2D eigenvalue weighted by molar-refractivity contribution is 7.89. The van der Waals surface area contributed by atoms with Crippen LogP contribution in [0.4, 0.5) is 8.78 Å². The van der Waals surface area contributed by atoms with Gasteiger partial charge in [-0.1, -0.05) is 18.9 Å².